The number of aromatic amines is 1. The molecular weight excluding hydrogens is 248 g/mol. The Hall–Kier alpha value is -1.90. The van der Waals surface area contributed by atoms with Gasteiger partial charge < -0.3 is 4.98 Å². The van der Waals surface area contributed by atoms with Crippen molar-refractivity contribution in [2.24, 2.45) is 0 Å². The number of aromatic nitrogens is 2. The second-order valence-corrected chi connectivity index (χ2v) is 6.22. The van der Waals surface area contributed by atoms with Crippen molar-refractivity contribution in [3.63, 3.8) is 0 Å². The van der Waals surface area contributed by atoms with E-state index in [0.29, 0.717) is 5.92 Å². The van der Waals surface area contributed by atoms with Crippen molar-refractivity contribution in [3.8, 4) is 0 Å². The van der Waals surface area contributed by atoms with Gasteiger partial charge in [-0.2, -0.15) is 0 Å². The van der Waals surface area contributed by atoms with Crippen molar-refractivity contribution in [1.29, 1.82) is 0 Å². The molecule has 2 rings (SSSR count). The van der Waals surface area contributed by atoms with Gasteiger partial charge in [-0.1, -0.05) is 33.8 Å². The molecule has 2 aromatic rings. The summed E-state index contributed by atoms with van der Waals surface area (Å²) >= 11 is 0. The Balaban J connectivity index is 2.28. The fraction of sp³-hybridized carbons (Fsp3) is 0.412. The Morgan fingerprint density at radius 2 is 2.00 bits per heavy atom. The standard InChI is InChI=1S/C17H22N2O/c1-12(2)13-8-9-18-14(10-13)11-17(3,4)15-6-5-7-16(20)19-15/h5-10,12H,11H2,1-4H3,(H,19,20). The molecule has 2 heterocycles. The maximum Gasteiger partial charge on any atom is 0.248 e. The number of H-pyrrole nitrogens is 1. The van der Waals surface area contributed by atoms with E-state index in [-0.39, 0.29) is 11.0 Å². The Bertz CT molecular complexity index is 641. The largest absolute Gasteiger partial charge is 0.326 e. The number of hydrogen-bond donors (Lipinski definition) is 1. The topological polar surface area (TPSA) is 45.8 Å². The van der Waals surface area contributed by atoms with Gasteiger partial charge in [-0.3, -0.25) is 9.78 Å². The third kappa shape index (κ3) is 3.35. The molecule has 0 saturated heterocycles. The minimum Gasteiger partial charge on any atom is -0.326 e. The minimum absolute atomic E-state index is 0.0561. The maximum absolute atomic E-state index is 11.5. The lowest BCUT2D eigenvalue weighted by Gasteiger charge is -2.24. The summed E-state index contributed by atoms with van der Waals surface area (Å²) in [6, 6.07) is 9.53. The van der Waals surface area contributed by atoms with E-state index >= 15 is 0 Å². The molecule has 3 heteroatoms. The molecule has 0 atom stereocenters. The predicted molar refractivity (Wildman–Crippen MR) is 82.1 cm³/mol. The Labute approximate surface area is 120 Å². The van der Waals surface area contributed by atoms with Crippen molar-refractivity contribution in [2.75, 3.05) is 0 Å². The summed E-state index contributed by atoms with van der Waals surface area (Å²) in [6.45, 7) is 8.61. The Kier molecular flexibility index (Phi) is 4.07. The number of nitrogens with zero attached hydrogens (tertiary/aromatic N) is 1. The van der Waals surface area contributed by atoms with Crippen LogP contribution in [0.25, 0.3) is 0 Å². The third-order valence-corrected chi connectivity index (χ3v) is 3.63. The zero-order valence-corrected chi connectivity index (χ0v) is 12.6. The van der Waals surface area contributed by atoms with E-state index < -0.39 is 0 Å². The Morgan fingerprint density at radius 3 is 2.65 bits per heavy atom. The van der Waals surface area contributed by atoms with E-state index in [1.54, 1.807) is 6.07 Å². The first-order valence-electron chi connectivity index (χ1n) is 7.03. The van der Waals surface area contributed by atoms with Gasteiger partial charge in [0, 0.05) is 35.5 Å². The highest BCUT2D eigenvalue weighted by Gasteiger charge is 2.23. The van der Waals surface area contributed by atoms with Gasteiger partial charge in [0.2, 0.25) is 5.56 Å². The predicted octanol–water partition coefficient (Wildman–Crippen LogP) is 3.41. The van der Waals surface area contributed by atoms with Crippen molar-refractivity contribution in [1.82, 2.24) is 9.97 Å². The molecule has 0 saturated carbocycles. The smallest absolute Gasteiger partial charge is 0.248 e. The van der Waals surface area contributed by atoms with E-state index in [4.69, 9.17) is 0 Å². The van der Waals surface area contributed by atoms with Crippen molar-refractivity contribution in [2.45, 2.75) is 45.4 Å². The average molecular weight is 270 g/mol. The van der Waals surface area contributed by atoms with Crippen LogP contribution < -0.4 is 5.56 Å². The summed E-state index contributed by atoms with van der Waals surface area (Å²) in [5.74, 6) is 0.497. The van der Waals surface area contributed by atoms with Crippen LogP contribution in [0.4, 0.5) is 0 Å². The zero-order chi connectivity index (χ0) is 14.8. The molecule has 106 valence electrons. The summed E-state index contributed by atoms with van der Waals surface area (Å²) < 4.78 is 0. The summed E-state index contributed by atoms with van der Waals surface area (Å²) in [7, 11) is 0. The summed E-state index contributed by atoms with van der Waals surface area (Å²) in [5.41, 5.74) is 3.10. The number of pyridine rings is 2. The second-order valence-electron chi connectivity index (χ2n) is 6.22. The molecule has 1 N–H and O–H groups in total. The normalized spacial score (nSPS) is 11.8. The molecule has 0 fully saturated rings. The maximum atomic E-state index is 11.5. The molecule has 0 radical (unpaired) electrons. The van der Waals surface area contributed by atoms with Gasteiger partial charge in [0.05, 0.1) is 0 Å². The lowest BCUT2D eigenvalue weighted by atomic mass is 9.83. The van der Waals surface area contributed by atoms with E-state index in [9.17, 15) is 4.79 Å². The highest BCUT2D eigenvalue weighted by molar-refractivity contribution is 5.24. The van der Waals surface area contributed by atoms with E-state index in [1.807, 2.05) is 12.3 Å². The van der Waals surface area contributed by atoms with Crippen molar-refractivity contribution >= 4 is 0 Å². The van der Waals surface area contributed by atoms with Crippen molar-refractivity contribution < 1.29 is 0 Å². The number of nitrogens with one attached hydrogen (secondary N) is 1. The van der Waals surface area contributed by atoms with Gasteiger partial charge in [-0.05, 0) is 29.7 Å². The second kappa shape index (κ2) is 5.61. The lowest BCUT2D eigenvalue weighted by molar-refractivity contribution is 0.497. The van der Waals surface area contributed by atoms with Crippen LogP contribution >= 0.6 is 0 Å². The number of rotatable bonds is 4. The Morgan fingerprint density at radius 1 is 1.25 bits per heavy atom. The fourth-order valence-corrected chi connectivity index (χ4v) is 2.34. The molecule has 0 amide bonds. The third-order valence-electron chi connectivity index (χ3n) is 3.63. The minimum atomic E-state index is -0.150. The highest BCUT2D eigenvalue weighted by Crippen LogP contribution is 2.25. The average Bonchev–Trinajstić information content (AvgIpc) is 2.38. The van der Waals surface area contributed by atoms with Crippen LogP contribution in [-0.2, 0) is 11.8 Å². The molecular formula is C17H22N2O. The van der Waals surface area contributed by atoms with Gasteiger partial charge in [-0.15, -0.1) is 0 Å². The van der Waals surface area contributed by atoms with Gasteiger partial charge in [-0.25, -0.2) is 0 Å². The number of hydrogen-bond acceptors (Lipinski definition) is 2. The first kappa shape index (κ1) is 14.5. The monoisotopic (exact) mass is 270 g/mol. The molecule has 0 bridgehead atoms. The summed E-state index contributed by atoms with van der Waals surface area (Å²) in [6.07, 6.45) is 2.67. The summed E-state index contributed by atoms with van der Waals surface area (Å²) in [4.78, 5) is 18.8. The van der Waals surface area contributed by atoms with Crippen LogP contribution in [0, 0.1) is 0 Å². The van der Waals surface area contributed by atoms with Crippen LogP contribution in [0.15, 0.2) is 41.3 Å². The van der Waals surface area contributed by atoms with Gasteiger partial charge in [0.1, 0.15) is 0 Å². The van der Waals surface area contributed by atoms with Crippen LogP contribution in [0.5, 0.6) is 0 Å². The zero-order valence-electron chi connectivity index (χ0n) is 12.6. The SMILES string of the molecule is CC(C)c1ccnc(CC(C)(C)c2cccc(=O)[nH]2)c1. The van der Waals surface area contributed by atoms with Gasteiger partial charge >= 0.3 is 0 Å². The van der Waals surface area contributed by atoms with Crippen LogP contribution in [0.3, 0.4) is 0 Å². The molecule has 3 nitrogen and oxygen atoms in total. The quantitative estimate of drug-likeness (QED) is 0.925. The molecule has 0 aliphatic heterocycles. The molecule has 0 aliphatic rings. The molecule has 20 heavy (non-hydrogen) atoms. The molecule has 0 aromatic carbocycles. The summed E-state index contributed by atoms with van der Waals surface area (Å²) in [5, 5.41) is 0. The molecule has 2 aromatic heterocycles. The van der Waals surface area contributed by atoms with Crippen LogP contribution in [0.2, 0.25) is 0 Å². The highest BCUT2D eigenvalue weighted by atomic mass is 16.1. The molecule has 0 spiro atoms. The van der Waals surface area contributed by atoms with Crippen molar-refractivity contribution in [3.05, 3.63) is 63.8 Å². The first-order chi connectivity index (χ1) is 9.38. The lowest BCUT2D eigenvalue weighted by Crippen LogP contribution is -2.25. The fourth-order valence-electron chi connectivity index (χ4n) is 2.34. The van der Waals surface area contributed by atoms with Crippen LogP contribution in [-0.4, -0.2) is 9.97 Å². The van der Waals surface area contributed by atoms with E-state index in [0.717, 1.165) is 17.8 Å². The molecule has 0 aliphatic carbocycles. The van der Waals surface area contributed by atoms with Gasteiger partial charge in [0.15, 0.2) is 0 Å². The van der Waals surface area contributed by atoms with Crippen LogP contribution in [0.1, 0.15) is 50.6 Å². The van der Waals surface area contributed by atoms with Gasteiger partial charge in [0.25, 0.3) is 0 Å². The van der Waals surface area contributed by atoms with E-state index in [1.165, 1.54) is 11.6 Å². The van der Waals surface area contributed by atoms with E-state index in [2.05, 4.69) is 49.8 Å². The first-order valence-corrected chi connectivity index (χ1v) is 7.03. The molecule has 0 unspecified atom stereocenters.